The number of hydrogen-bond donors (Lipinski definition) is 1. The molecule has 1 heterocycles. The van der Waals surface area contributed by atoms with E-state index in [1.54, 1.807) is 0 Å². The first-order valence-electron chi connectivity index (χ1n) is 7.95. The molecule has 0 bridgehead atoms. The minimum absolute atomic E-state index is 0.652. The minimum atomic E-state index is 0.652. The van der Waals surface area contributed by atoms with E-state index in [1.807, 2.05) is 12.4 Å². The zero-order valence-corrected chi connectivity index (χ0v) is 12.4. The number of pyridine rings is 1. The van der Waals surface area contributed by atoms with Crippen molar-refractivity contribution in [1.82, 2.24) is 10.3 Å². The molecule has 0 aliphatic heterocycles. The van der Waals surface area contributed by atoms with Crippen LogP contribution in [-0.4, -0.2) is 17.6 Å². The minimum Gasteiger partial charge on any atom is -0.313 e. The summed E-state index contributed by atoms with van der Waals surface area (Å²) in [6.45, 7) is 5.73. The molecule has 19 heavy (non-hydrogen) atoms. The van der Waals surface area contributed by atoms with Crippen molar-refractivity contribution in [3.63, 3.8) is 0 Å². The Kier molecular flexibility index (Phi) is 5.84. The summed E-state index contributed by atoms with van der Waals surface area (Å²) in [5.41, 5.74) is 1.42. The molecule has 0 saturated heterocycles. The predicted octanol–water partition coefficient (Wildman–Crippen LogP) is 3.82. The fourth-order valence-electron chi connectivity index (χ4n) is 3.36. The zero-order chi connectivity index (χ0) is 13.5. The van der Waals surface area contributed by atoms with Crippen LogP contribution < -0.4 is 5.32 Å². The molecule has 1 aliphatic carbocycles. The molecule has 0 spiro atoms. The van der Waals surface area contributed by atoms with Gasteiger partial charge in [-0.15, -0.1) is 0 Å². The molecule has 0 aromatic carbocycles. The number of hydrogen-bond acceptors (Lipinski definition) is 2. The molecule has 1 saturated carbocycles. The van der Waals surface area contributed by atoms with Gasteiger partial charge in [0.15, 0.2) is 0 Å². The van der Waals surface area contributed by atoms with Gasteiger partial charge in [0.1, 0.15) is 0 Å². The lowest BCUT2D eigenvalue weighted by atomic mass is 9.91. The number of nitrogens with zero attached hydrogens (tertiary/aromatic N) is 1. The summed E-state index contributed by atoms with van der Waals surface area (Å²) in [6.07, 6.45) is 11.8. The van der Waals surface area contributed by atoms with Gasteiger partial charge in [-0.2, -0.15) is 0 Å². The van der Waals surface area contributed by atoms with Gasteiger partial charge in [0, 0.05) is 18.4 Å². The van der Waals surface area contributed by atoms with E-state index in [9.17, 15) is 0 Å². The van der Waals surface area contributed by atoms with Crippen molar-refractivity contribution in [2.75, 3.05) is 6.54 Å². The quantitative estimate of drug-likeness (QED) is 0.806. The summed E-state index contributed by atoms with van der Waals surface area (Å²) in [5.74, 6) is 1.83. The van der Waals surface area contributed by atoms with Crippen LogP contribution in [0.2, 0.25) is 0 Å². The van der Waals surface area contributed by atoms with Crippen LogP contribution in [0.5, 0.6) is 0 Å². The molecule has 3 atom stereocenters. The first-order chi connectivity index (χ1) is 9.33. The molecule has 1 aromatic rings. The Labute approximate surface area is 118 Å². The summed E-state index contributed by atoms with van der Waals surface area (Å²) in [5, 5.41) is 3.78. The van der Waals surface area contributed by atoms with Gasteiger partial charge in [-0.1, -0.05) is 26.7 Å². The molecule has 0 radical (unpaired) electrons. The highest BCUT2D eigenvalue weighted by atomic mass is 14.9. The molecular formula is C17H28N2. The predicted molar refractivity (Wildman–Crippen MR) is 81.1 cm³/mol. The molecular weight excluding hydrogens is 232 g/mol. The fraction of sp³-hybridized carbons (Fsp3) is 0.706. The van der Waals surface area contributed by atoms with E-state index in [0.717, 1.165) is 24.8 Å². The van der Waals surface area contributed by atoms with E-state index in [-0.39, 0.29) is 0 Å². The third-order valence-electron chi connectivity index (χ3n) is 4.59. The smallest absolute Gasteiger partial charge is 0.0270 e. The lowest BCUT2D eigenvalue weighted by molar-refractivity contribution is 0.344. The average molecular weight is 260 g/mol. The Morgan fingerprint density at radius 1 is 1.26 bits per heavy atom. The van der Waals surface area contributed by atoms with Crippen molar-refractivity contribution < 1.29 is 0 Å². The number of rotatable bonds is 7. The summed E-state index contributed by atoms with van der Waals surface area (Å²) < 4.78 is 0. The monoisotopic (exact) mass is 260 g/mol. The standard InChI is InChI=1S/C17H28N2/c1-3-9-19-17(13-15-7-10-18-11-8-15)16-6-5-14(4-2)12-16/h7-8,10-11,14,16-17,19H,3-6,9,12-13H2,1-2H3. The van der Waals surface area contributed by atoms with E-state index in [2.05, 4.69) is 36.3 Å². The topological polar surface area (TPSA) is 24.9 Å². The van der Waals surface area contributed by atoms with Gasteiger partial charge in [-0.05, 0) is 61.8 Å². The Morgan fingerprint density at radius 3 is 2.68 bits per heavy atom. The van der Waals surface area contributed by atoms with Crippen LogP contribution in [0.25, 0.3) is 0 Å². The highest BCUT2D eigenvalue weighted by Crippen LogP contribution is 2.35. The van der Waals surface area contributed by atoms with Crippen LogP contribution in [0.4, 0.5) is 0 Å². The Hall–Kier alpha value is -0.890. The first kappa shape index (κ1) is 14.5. The van der Waals surface area contributed by atoms with Crippen molar-refractivity contribution in [1.29, 1.82) is 0 Å². The number of aromatic nitrogens is 1. The van der Waals surface area contributed by atoms with Crippen LogP contribution in [0, 0.1) is 11.8 Å². The molecule has 2 rings (SSSR count). The van der Waals surface area contributed by atoms with E-state index >= 15 is 0 Å². The second-order valence-electron chi connectivity index (χ2n) is 5.97. The lowest BCUT2D eigenvalue weighted by Gasteiger charge is -2.25. The van der Waals surface area contributed by atoms with Gasteiger partial charge in [-0.3, -0.25) is 4.98 Å². The second-order valence-corrected chi connectivity index (χ2v) is 5.97. The van der Waals surface area contributed by atoms with Crippen LogP contribution in [0.3, 0.4) is 0 Å². The average Bonchev–Trinajstić information content (AvgIpc) is 2.93. The van der Waals surface area contributed by atoms with Crippen LogP contribution in [0.15, 0.2) is 24.5 Å². The SMILES string of the molecule is CCCNC(Cc1ccncc1)C1CCC(CC)C1. The molecule has 1 aromatic heterocycles. The maximum absolute atomic E-state index is 4.12. The number of nitrogens with one attached hydrogen (secondary N) is 1. The first-order valence-corrected chi connectivity index (χ1v) is 7.95. The third kappa shape index (κ3) is 4.31. The lowest BCUT2D eigenvalue weighted by Crippen LogP contribution is -2.37. The van der Waals surface area contributed by atoms with Crippen molar-refractivity contribution in [2.45, 2.75) is 58.4 Å². The molecule has 106 valence electrons. The Bertz CT molecular complexity index is 350. The maximum atomic E-state index is 4.12. The van der Waals surface area contributed by atoms with Gasteiger partial charge in [-0.25, -0.2) is 0 Å². The van der Waals surface area contributed by atoms with E-state index < -0.39 is 0 Å². The maximum Gasteiger partial charge on any atom is 0.0270 e. The molecule has 0 amide bonds. The summed E-state index contributed by atoms with van der Waals surface area (Å²) in [4.78, 5) is 4.12. The molecule has 3 unspecified atom stereocenters. The van der Waals surface area contributed by atoms with Crippen molar-refractivity contribution in [3.8, 4) is 0 Å². The van der Waals surface area contributed by atoms with Gasteiger partial charge < -0.3 is 5.32 Å². The molecule has 1 fully saturated rings. The van der Waals surface area contributed by atoms with E-state index in [0.29, 0.717) is 6.04 Å². The largest absolute Gasteiger partial charge is 0.313 e. The van der Waals surface area contributed by atoms with Crippen molar-refractivity contribution in [3.05, 3.63) is 30.1 Å². The van der Waals surface area contributed by atoms with Crippen molar-refractivity contribution >= 4 is 0 Å². The highest BCUT2D eigenvalue weighted by Gasteiger charge is 2.29. The van der Waals surface area contributed by atoms with Crippen LogP contribution >= 0.6 is 0 Å². The zero-order valence-electron chi connectivity index (χ0n) is 12.4. The van der Waals surface area contributed by atoms with Gasteiger partial charge in [0.2, 0.25) is 0 Å². The third-order valence-corrected chi connectivity index (χ3v) is 4.59. The van der Waals surface area contributed by atoms with Gasteiger partial charge in [0.05, 0.1) is 0 Å². The normalized spacial score (nSPS) is 24.5. The Balaban J connectivity index is 1.95. The summed E-state index contributed by atoms with van der Waals surface area (Å²) >= 11 is 0. The Morgan fingerprint density at radius 2 is 2.05 bits per heavy atom. The summed E-state index contributed by atoms with van der Waals surface area (Å²) in [6, 6.07) is 4.97. The molecule has 2 heteroatoms. The van der Waals surface area contributed by atoms with Crippen LogP contribution in [-0.2, 0) is 6.42 Å². The molecule has 2 nitrogen and oxygen atoms in total. The van der Waals surface area contributed by atoms with Crippen LogP contribution in [0.1, 0.15) is 51.5 Å². The summed E-state index contributed by atoms with van der Waals surface area (Å²) in [7, 11) is 0. The fourth-order valence-corrected chi connectivity index (χ4v) is 3.36. The van der Waals surface area contributed by atoms with E-state index in [1.165, 1.54) is 37.7 Å². The van der Waals surface area contributed by atoms with Gasteiger partial charge in [0.25, 0.3) is 0 Å². The highest BCUT2D eigenvalue weighted by molar-refractivity contribution is 5.12. The molecule has 1 N–H and O–H groups in total. The molecule has 1 aliphatic rings. The van der Waals surface area contributed by atoms with Crippen molar-refractivity contribution in [2.24, 2.45) is 11.8 Å². The van der Waals surface area contributed by atoms with E-state index in [4.69, 9.17) is 0 Å². The second kappa shape index (κ2) is 7.64. The van der Waals surface area contributed by atoms with Gasteiger partial charge >= 0.3 is 0 Å².